The molecule has 0 fully saturated rings. The van der Waals surface area contributed by atoms with E-state index in [1.54, 1.807) is 0 Å². The maximum atomic E-state index is 5.04. The summed E-state index contributed by atoms with van der Waals surface area (Å²) in [5.41, 5.74) is 4.51. The van der Waals surface area contributed by atoms with E-state index >= 15 is 0 Å². The smallest absolute Gasteiger partial charge is 0.205 e. The van der Waals surface area contributed by atoms with Gasteiger partial charge in [0.25, 0.3) is 0 Å². The number of nitrogens with one attached hydrogen (secondary N) is 1. The third-order valence-corrected chi connectivity index (χ3v) is 6.55. The summed E-state index contributed by atoms with van der Waals surface area (Å²) in [5, 5.41) is 14.7. The van der Waals surface area contributed by atoms with E-state index in [2.05, 4.69) is 103 Å². The Hall–Kier alpha value is -3.02. The van der Waals surface area contributed by atoms with Crippen LogP contribution in [0.2, 0.25) is 0 Å². The van der Waals surface area contributed by atoms with Crippen molar-refractivity contribution in [3.8, 4) is 11.4 Å². The van der Waals surface area contributed by atoms with Crippen LogP contribution >= 0.6 is 0 Å². The molecule has 2 unspecified atom stereocenters. The molecule has 0 spiro atoms. The van der Waals surface area contributed by atoms with Crippen molar-refractivity contribution in [2.24, 2.45) is 10.4 Å². The first-order valence-electron chi connectivity index (χ1n) is 12.2. The highest BCUT2D eigenvalue weighted by molar-refractivity contribution is 5.86. The van der Waals surface area contributed by atoms with E-state index < -0.39 is 0 Å². The highest BCUT2D eigenvalue weighted by atomic mass is 15.5. The van der Waals surface area contributed by atoms with Crippen LogP contribution in [-0.2, 0) is 0 Å². The number of tetrazole rings is 1. The molecule has 0 radical (unpaired) electrons. The van der Waals surface area contributed by atoms with Crippen molar-refractivity contribution in [1.29, 1.82) is 0 Å². The third-order valence-electron chi connectivity index (χ3n) is 6.55. The van der Waals surface area contributed by atoms with Crippen LogP contribution in [0.25, 0.3) is 17.0 Å². The van der Waals surface area contributed by atoms with Gasteiger partial charge in [-0.1, -0.05) is 82.7 Å². The molecule has 0 saturated heterocycles. The van der Waals surface area contributed by atoms with Crippen molar-refractivity contribution in [3.05, 3.63) is 59.7 Å². The van der Waals surface area contributed by atoms with E-state index in [0.29, 0.717) is 17.9 Å². The van der Waals surface area contributed by atoms with Gasteiger partial charge < -0.3 is 4.90 Å². The molecule has 1 aromatic carbocycles. The zero-order valence-electron chi connectivity index (χ0n) is 20.5. The molecule has 2 heterocycles. The molecule has 0 amide bonds. The van der Waals surface area contributed by atoms with Gasteiger partial charge in [-0.05, 0) is 41.7 Å². The molecule has 1 aromatic heterocycles. The molecule has 174 valence electrons. The minimum atomic E-state index is -0.0910. The Kier molecular flexibility index (Phi) is 6.91. The molecule has 1 N–H and O–H groups in total. The largest absolute Gasteiger partial charge is 0.351 e. The SMILES string of the molecule is CCCCC1=NC(C)C(CC)N1CC1=CC(C)(C)C=C(c2ccccc2-c2nn[nH]n2)C=C1. The van der Waals surface area contributed by atoms with Crippen molar-refractivity contribution in [2.45, 2.75) is 72.4 Å². The standard InChI is InChI=1S/C27H36N6/c1-6-8-13-25-28-19(3)24(7-2)33(25)18-20-14-15-21(17-27(4,5)16-20)22-11-9-10-12-23(22)26-29-31-32-30-26/h9-12,14-17,19,24H,6-8,13,18H2,1-5H3,(H,29,30,31,32). The lowest BCUT2D eigenvalue weighted by atomic mass is 9.87. The normalized spacial score (nSPS) is 22.1. The average Bonchev–Trinajstić information content (AvgIpc) is 3.39. The lowest BCUT2D eigenvalue weighted by molar-refractivity contribution is 0.318. The van der Waals surface area contributed by atoms with Crippen LogP contribution in [0, 0.1) is 5.41 Å². The molecule has 1 aliphatic carbocycles. The van der Waals surface area contributed by atoms with Crippen LogP contribution in [0.4, 0.5) is 0 Å². The highest BCUT2D eigenvalue weighted by Crippen LogP contribution is 2.35. The van der Waals surface area contributed by atoms with Crippen LogP contribution in [0.5, 0.6) is 0 Å². The summed E-state index contributed by atoms with van der Waals surface area (Å²) in [4.78, 5) is 7.60. The van der Waals surface area contributed by atoms with Gasteiger partial charge in [0, 0.05) is 23.9 Å². The molecule has 0 saturated carbocycles. The summed E-state index contributed by atoms with van der Waals surface area (Å²) < 4.78 is 0. The van der Waals surface area contributed by atoms with Crippen LogP contribution in [0.1, 0.15) is 65.9 Å². The Morgan fingerprint density at radius 3 is 2.55 bits per heavy atom. The molecule has 6 nitrogen and oxygen atoms in total. The number of benzene rings is 1. The summed E-state index contributed by atoms with van der Waals surface area (Å²) in [7, 11) is 0. The Morgan fingerprint density at radius 1 is 1.06 bits per heavy atom. The number of amidine groups is 1. The van der Waals surface area contributed by atoms with Crippen molar-refractivity contribution in [3.63, 3.8) is 0 Å². The molecule has 2 aliphatic rings. The number of hydrogen-bond donors (Lipinski definition) is 1. The first kappa shape index (κ1) is 23.1. The van der Waals surface area contributed by atoms with E-state index in [0.717, 1.165) is 30.5 Å². The first-order chi connectivity index (χ1) is 15.9. The van der Waals surface area contributed by atoms with E-state index in [9.17, 15) is 0 Å². The van der Waals surface area contributed by atoms with Crippen LogP contribution in [0.3, 0.4) is 0 Å². The Balaban J connectivity index is 1.62. The Morgan fingerprint density at radius 2 is 1.85 bits per heavy atom. The summed E-state index contributed by atoms with van der Waals surface area (Å²) in [6, 6.07) is 9.10. The van der Waals surface area contributed by atoms with Crippen LogP contribution in [-0.4, -0.2) is 50.0 Å². The lowest BCUT2D eigenvalue weighted by Gasteiger charge is -2.30. The molecular formula is C27H36N6. The van der Waals surface area contributed by atoms with Gasteiger partial charge in [-0.2, -0.15) is 5.21 Å². The summed E-state index contributed by atoms with van der Waals surface area (Å²) in [6.07, 6.45) is 13.8. The van der Waals surface area contributed by atoms with Crippen molar-refractivity contribution in [2.75, 3.05) is 6.54 Å². The number of rotatable bonds is 8. The minimum Gasteiger partial charge on any atom is -0.351 e. The third kappa shape index (κ3) is 5.15. The maximum Gasteiger partial charge on any atom is 0.205 e. The number of aromatic nitrogens is 4. The fourth-order valence-electron chi connectivity index (χ4n) is 5.04. The lowest BCUT2D eigenvalue weighted by Crippen LogP contribution is -2.39. The molecule has 0 bridgehead atoms. The van der Waals surface area contributed by atoms with Gasteiger partial charge in [0.2, 0.25) is 5.82 Å². The topological polar surface area (TPSA) is 70.1 Å². The maximum absolute atomic E-state index is 5.04. The van der Waals surface area contributed by atoms with Crippen molar-refractivity contribution in [1.82, 2.24) is 25.5 Å². The van der Waals surface area contributed by atoms with Crippen LogP contribution < -0.4 is 0 Å². The molecule has 33 heavy (non-hydrogen) atoms. The number of nitrogens with zero attached hydrogens (tertiary/aromatic N) is 5. The second-order valence-corrected chi connectivity index (χ2v) is 9.75. The molecular weight excluding hydrogens is 408 g/mol. The number of H-pyrrole nitrogens is 1. The molecule has 4 rings (SSSR count). The quantitative estimate of drug-likeness (QED) is 0.555. The molecule has 6 heteroatoms. The van der Waals surface area contributed by atoms with E-state index in [-0.39, 0.29) is 5.41 Å². The average molecular weight is 445 g/mol. The van der Waals surface area contributed by atoms with Gasteiger partial charge in [0.1, 0.15) is 0 Å². The second-order valence-electron chi connectivity index (χ2n) is 9.75. The fraction of sp³-hybridized carbons (Fsp3) is 0.481. The molecule has 2 atom stereocenters. The predicted octanol–water partition coefficient (Wildman–Crippen LogP) is 5.84. The number of hydrogen-bond acceptors (Lipinski definition) is 5. The predicted molar refractivity (Wildman–Crippen MR) is 136 cm³/mol. The molecule has 1 aliphatic heterocycles. The van der Waals surface area contributed by atoms with Gasteiger partial charge >= 0.3 is 0 Å². The number of unbranched alkanes of at least 4 members (excludes halogenated alkanes) is 1. The number of aromatic amines is 1. The van der Waals surface area contributed by atoms with Gasteiger partial charge in [0.15, 0.2) is 0 Å². The molecule has 2 aromatic rings. The van der Waals surface area contributed by atoms with Gasteiger partial charge in [-0.15, -0.1) is 10.2 Å². The van der Waals surface area contributed by atoms with Gasteiger partial charge in [-0.3, -0.25) is 4.99 Å². The van der Waals surface area contributed by atoms with E-state index in [4.69, 9.17) is 4.99 Å². The minimum absolute atomic E-state index is 0.0910. The zero-order valence-corrected chi connectivity index (χ0v) is 20.5. The van der Waals surface area contributed by atoms with E-state index in [1.165, 1.54) is 29.8 Å². The number of aliphatic imine (C=N–C) groups is 1. The Labute approximate surface area is 197 Å². The zero-order chi connectivity index (χ0) is 23.4. The number of allylic oxidation sites excluding steroid dienone is 4. The van der Waals surface area contributed by atoms with Crippen LogP contribution in [0.15, 0.2) is 59.1 Å². The highest BCUT2D eigenvalue weighted by Gasteiger charge is 2.32. The summed E-state index contributed by atoms with van der Waals surface area (Å²) in [6.45, 7) is 12.2. The monoisotopic (exact) mass is 444 g/mol. The summed E-state index contributed by atoms with van der Waals surface area (Å²) in [5.74, 6) is 1.90. The fourth-order valence-corrected chi connectivity index (χ4v) is 5.04. The Bertz CT molecular complexity index is 1070. The summed E-state index contributed by atoms with van der Waals surface area (Å²) >= 11 is 0. The second kappa shape index (κ2) is 9.86. The first-order valence-corrected chi connectivity index (χ1v) is 12.2. The van der Waals surface area contributed by atoms with Gasteiger partial charge in [0.05, 0.1) is 17.9 Å². The van der Waals surface area contributed by atoms with Crippen molar-refractivity contribution < 1.29 is 0 Å². The van der Waals surface area contributed by atoms with E-state index in [1.807, 2.05) is 6.07 Å². The van der Waals surface area contributed by atoms with Crippen molar-refractivity contribution >= 4 is 11.4 Å². The van der Waals surface area contributed by atoms with Gasteiger partial charge in [-0.25, -0.2) is 0 Å².